The first-order chi connectivity index (χ1) is 11.9. The van der Waals surface area contributed by atoms with Gasteiger partial charge in [-0.2, -0.15) is 0 Å². The third kappa shape index (κ3) is 3.81. The summed E-state index contributed by atoms with van der Waals surface area (Å²) >= 11 is 0. The summed E-state index contributed by atoms with van der Waals surface area (Å²) in [6.45, 7) is 6.65. The lowest BCUT2D eigenvalue weighted by Gasteiger charge is -2.28. The maximum Gasteiger partial charge on any atom is 0.273 e. The van der Waals surface area contributed by atoms with E-state index in [1.807, 2.05) is 39.0 Å². The van der Waals surface area contributed by atoms with Crippen LogP contribution in [0.2, 0.25) is 0 Å². The number of rotatable bonds is 5. The van der Waals surface area contributed by atoms with Gasteiger partial charge in [-0.05, 0) is 30.5 Å². The Kier molecular flexibility index (Phi) is 4.74. The minimum Gasteiger partial charge on any atom is -0.482 e. The van der Waals surface area contributed by atoms with Gasteiger partial charge in [0.25, 0.3) is 11.8 Å². The molecule has 1 aromatic heterocycles. The quantitative estimate of drug-likeness (QED) is 0.900. The molecule has 7 heteroatoms. The second kappa shape index (κ2) is 6.96. The molecular formula is C18H21N3O4. The number of nitrogens with zero attached hydrogens (tertiary/aromatic N) is 2. The lowest BCUT2D eigenvalue weighted by atomic mass is 10.1. The van der Waals surface area contributed by atoms with Crippen LogP contribution in [0, 0.1) is 12.8 Å². The molecule has 0 spiro atoms. The Morgan fingerprint density at radius 2 is 2.20 bits per heavy atom. The topological polar surface area (TPSA) is 84.7 Å². The zero-order valence-corrected chi connectivity index (χ0v) is 14.5. The summed E-state index contributed by atoms with van der Waals surface area (Å²) in [5.41, 5.74) is 1.91. The second-order valence-electron chi connectivity index (χ2n) is 6.47. The number of oxazole rings is 1. The second-order valence-corrected chi connectivity index (χ2v) is 6.47. The Morgan fingerprint density at radius 3 is 2.96 bits per heavy atom. The van der Waals surface area contributed by atoms with E-state index in [1.165, 1.54) is 6.26 Å². The number of carbonyl (C=O) groups is 2. The maximum absolute atomic E-state index is 12.2. The van der Waals surface area contributed by atoms with Crippen LogP contribution in [0.15, 0.2) is 28.9 Å². The van der Waals surface area contributed by atoms with Crippen LogP contribution in [0.1, 0.15) is 35.8 Å². The average molecular weight is 343 g/mol. The molecule has 2 heterocycles. The molecule has 0 saturated carbocycles. The lowest BCUT2D eigenvalue weighted by Crippen LogP contribution is -2.38. The van der Waals surface area contributed by atoms with Crippen molar-refractivity contribution >= 4 is 17.5 Å². The van der Waals surface area contributed by atoms with E-state index in [0.29, 0.717) is 29.8 Å². The fraction of sp³-hybridized carbons (Fsp3) is 0.389. The third-order valence-electron chi connectivity index (χ3n) is 3.81. The molecule has 1 aliphatic heterocycles. The Labute approximate surface area is 146 Å². The van der Waals surface area contributed by atoms with Crippen molar-refractivity contribution in [2.24, 2.45) is 5.92 Å². The van der Waals surface area contributed by atoms with Crippen molar-refractivity contribution in [3.8, 4) is 5.75 Å². The highest BCUT2D eigenvalue weighted by Gasteiger charge is 2.27. The number of anilines is 1. The molecule has 0 atom stereocenters. The fourth-order valence-electron chi connectivity index (χ4n) is 2.50. The van der Waals surface area contributed by atoms with Crippen molar-refractivity contribution in [3.63, 3.8) is 0 Å². The third-order valence-corrected chi connectivity index (χ3v) is 3.81. The number of aryl methyl sites for hydroxylation is 1. The number of nitrogens with one attached hydrogen (secondary N) is 1. The minimum atomic E-state index is -0.284. The highest BCUT2D eigenvalue weighted by molar-refractivity contribution is 5.97. The van der Waals surface area contributed by atoms with Crippen molar-refractivity contribution in [1.82, 2.24) is 10.3 Å². The lowest BCUT2D eigenvalue weighted by molar-refractivity contribution is -0.121. The number of amides is 2. The molecule has 0 radical (unpaired) electrons. The fourth-order valence-corrected chi connectivity index (χ4v) is 2.50. The predicted molar refractivity (Wildman–Crippen MR) is 91.5 cm³/mol. The predicted octanol–water partition coefficient (Wildman–Crippen LogP) is 2.29. The standard InChI is InChI=1S/C18H21N3O4/c1-11(2)7-19-18(23)13-9-25-16(20-13)8-21-14-6-12(3)4-5-15(14)24-10-17(21)22/h4-6,9,11H,7-8,10H2,1-3H3,(H,19,23). The van der Waals surface area contributed by atoms with Crippen molar-refractivity contribution in [2.75, 3.05) is 18.1 Å². The minimum absolute atomic E-state index is 0.0293. The molecule has 0 bridgehead atoms. The van der Waals surface area contributed by atoms with Crippen LogP contribution in [0.4, 0.5) is 5.69 Å². The van der Waals surface area contributed by atoms with E-state index < -0.39 is 0 Å². The zero-order valence-electron chi connectivity index (χ0n) is 14.5. The van der Waals surface area contributed by atoms with Gasteiger partial charge in [0.2, 0.25) is 5.89 Å². The largest absolute Gasteiger partial charge is 0.482 e. The highest BCUT2D eigenvalue weighted by Crippen LogP contribution is 2.33. The molecule has 0 unspecified atom stereocenters. The molecule has 2 aromatic rings. The first-order valence-corrected chi connectivity index (χ1v) is 8.20. The molecule has 1 N–H and O–H groups in total. The van der Waals surface area contributed by atoms with Gasteiger partial charge in [0.15, 0.2) is 12.3 Å². The summed E-state index contributed by atoms with van der Waals surface area (Å²) in [6.07, 6.45) is 1.31. The smallest absolute Gasteiger partial charge is 0.273 e. The van der Waals surface area contributed by atoms with Crippen LogP contribution < -0.4 is 15.0 Å². The molecular weight excluding hydrogens is 322 g/mol. The maximum atomic E-state index is 12.2. The van der Waals surface area contributed by atoms with Crippen molar-refractivity contribution in [3.05, 3.63) is 41.6 Å². The van der Waals surface area contributed by atoms with E-state index in [2.05, 4.69) is 10.3 Å². The van der Waals surface area contributed by atoms with Gasteiger partial charge >= 0.3 is 0 Å². The number of hydrogen-bond donors (Lipinski definition) is 1. The van der Waals surface area contributed by atoms with E-state index in [4.69, 9.17) is 9.15 Å². The van der Waals surface area contributed by atoms with Crippen molar-refractivity contribution in [2.45, 2.75) is 27.3 Å². The van der Waals surface area contributed by atoms with Crippen LogP contribution in [0.25, 0.3) is 0 Å². The molecule has 1 aliphatic rings. The molecule has 0 aliphatic carbocycles. The summed E-state index contributed by atoms with van der Waals surface area (Å²) in [4.78, 5) is 30.0. The van der Waals surface area contributed by atoms with Gasteiger partial charge in [0, 0.05) is 6.54 Å². The summed E-state index contributed by atoms with van der Waals surface area (Å²) in [7, 11) is 0. The van der Waals surface area contributed by atoms with Crippen LogP contribution in [-0.4, -0.2) is 29.9 Å². The SMILES string of the molecule is Cc1ccc2c(c1)N(Cc1nc(C(=O)NCC(C)C)co1)C(=O)CO2. The number of hydrogen-bond acceptors (Lipinski definition) is 5. The van der Waals surface area contributed by atoms with Gasteiger partial charge in [0.05, 0.1) is 5.69 Å². The number of benzene rings is 1. The van der Waals surface area contributed by atoms with Gasteiger partial charge in [-0.3, -0.25) is 14.5 Å². The molecule has 0 fully saturated rings. The van der Waals surface area contributed by atoms with Crippen molar-refractivity contribution < 1.29 is 18.7 Å². The molecule has 25 heavy (non-hydrogen) atoms. The average Bonchev–Trinajstić information content (AvgIpc) is 3.04. The van der Waals surface area contributed by atoms with Gasteiger partial charge in [-0.15, -0.1) is 0 Å². The van der Waals surface area contributed by atoms with Gasteiger partial charge in [0.1, 0.15) is 18.6 Å². The zero-order chi connectivity index (χ0) is 18.0. The summed E-state index contributed by atoms with van der Waals surface area (Å²) < 4.78 is 10.8. The molecule has 7 nitrogen and oxygen atoms in total. The summed E-state index contributed by atoms with van der Waals surface area (Å²) in [5, 5.41) is 2.79. The first kappa shape index (κ1) is 17.0. The summed E-state index contributed by atoms with van der Waals surface area (Å²) in [6, 6.07) is 5.64. The Hall–Kier alpha value is -2.83. The van der Waals surface area contributed by atoms with Crippen molar-refractivity contribution in [1.29, 1.82) is 0 Å². The van der Waals surface area contributed by atoms with Crippen LogP contribution in [0.5, 0.6) is 5.75 Å². The highest BCUT2D eigenvalue weighted by atomic mass is 16.5. The molecule has 3 rings (SSSR count). The number of carbonyl (C=O) groups excluding carboxylic acids is 2. The number of fused-ring (bicyclic) bond motifs is 1. The van der Waals surface area contributed by atoms with Crippen LogP contribution >= 0.6 is 0 Å². The molecule has 2 amide bonds. The van der Waals surface area contributed by atoms with Gasteiger partial charge in [-0.25, -0.2) is 4.98 Å². The van der Waals surface area contributed by atoms with E-state index in [-0.39, 0.29) is 30.7 Å². The van der Waals surface area contributed by atoms with Gasteiger partial charge in [-0.1, -0.05) is 19.9 Å². The van der Waals surface area contributed by atoms with E-state index in [9.17, 15) is 9.59 Å². The summed E-state index contributed by atoms with van der Waals surface area (Å²) in [5.74, 6) is 0.834. The Morgan fingerprint density at radius 1 is 1.40 bits per heavy atom. The monoisotopic (exact) mass is 343 g/mol. The molecule has 1 aromatic carbocycles. The van der Waals surface area contributed by atoms with E-state index in [0.717, 1.165) is 5.56 Å². The molecule has 132 valence electrons. The Balaban J connectivity index is 1.76. The number of ether oxygens (including phenoxy) is 1. The first-order valence-electron chi connectivity index (χ1n) is 8.20. The van der Waals surface area contributed by atoms with Crippen LogP contribution in [0.3, 0.4) is 0 Å². The molecule has 0 saturated heterocycles. The normalized spacial score (nSPS) is 13.6. The van der Waals surface area contributed by atoms with Gasteiger partial charge < -0.3 is 14.5 Å². The van der Waals surface area contributed by atoms with E-state index >= 15 is 0 Å². The van der Waals surface area contributed by atoms with Crippen LogP contribution in [-0.2, 0) is 11.3 Å². The number of aromatic nitrogens is 1. The van der Waals surface area contributed by atoms with E-state index in [1.54, 1.807) is 4.90 Å². The Bertz CT molecular complexity index is 797.